The second kappa shape index (κ2) is 11.9. The van der Waals surface area contributed by atoms with Crippen LogP contribution in [0.5, 0.6) is 11.5 Å². The zero-order valence-corrected chi connectivity index (χ0v) is 19.7. The van der Waals surface area contributed by atoms with Crippen molar-refractivity contribution >= 4 is 11.6 Å². The minimum atomic E-state index is -0.670. The SMILES string of the molecule is CC(C)(c1ccc(OC[C@@H](O)CN2CCNCC2)cc1)c1ccc(OC[C@@H](O)CCl)cc1. The first-order valence-corrected chi connectivity index (χ1v) is 11.7. The molecule has 0 amide bonds. The molecule has 1 heterocycles. The van der Waals surface area contributed by atoms with Gasteiger partial charge in [0.2, 0.25) is 0 Å². The number of aliphatic hydroxyl groups excluding tert-OH is 2. The smallest absolute Gasteiger partial charge is 0.119 e. The van der Waals surface area contributed by atoms with Crippen LogP contribution < -0.4 is 14.8 Å². The van der Waals surface area contributed by atoms with Crippen LogP contribution in [0.4, 0.5) is 0 Å². The predicted octanol–water partition coefficient (Wildman–Crippen LogP) is 2.64. The standard InChI is InChI=1S/C25H35ClN2O4/c1-25(2,19-3-7-23(8-4-19)31-17-21(29)15-26)20-5-9-24(10-6-20)32-18-22(30)16-28-13-11-27-12-14-28/h3-10,21-22,27,29-30H,11-18H2,1-2H3/t21-,22-/m0/s1. The highest BCUT2D eigenvalue weighted by atomic mass is 35.5. The molecule has 2 aromatic carbocycles. The van der Waals surface area contributed by atoms with E-state index in [9.17, 15) is 10.2 Å². The van der Waals surface area contributed by atoms with Gasteiger partial charge in [-0.15, -0.1) is 11.6 Å². The Bertz CT molecular complexity index is 808. The van der Waals surface area contributed by atoms with Crippen LogP contribution in [0.15, 0.2) is 48.5 Å². The number of rotatable bonds is 11. The van der Waals surface area contributed by atoms with Crippen molar-refractivity contribution in [1.29, 1.82) is 0 Å². The quantitative estimate of drug-likeness (QED) is 0.446. The fraction of sp³-hybridized carbons (Fsp3) is 0.520. The molecular weight excluding hydrogens is 428 g/mol. The molecule has 0 saturated carbocycles. The number of β-amino-alcohol motifs (C(OH)–C–C–N with tert-alkyl or cyclic N) is 1. The number of nitrogens with zero attached hydrogens (tertiary/aromatic N) is 1. The van der Waals surface area contributed by atoms with E-state index in [0.29, 0.717) is 12.3 Å². The molecule has 1 fully saturated rings. The number of ether oxygens (including phenoxy) is 2. The molecule has 2 aromatic rings. The Morgan fingerprint density at radius 2 is 1.34 bits per heavy atom. The predicted molar refractivity (Wildman–Crippen MR) is 128 cm³/mol. The number of benzene rings is 2. The number of hydrogen-bond acceptors (Lipinski definition) is 6. The topological polar surface area (TPSA) is 74.2 Å². The zero-order chi connectivity index (χ0) is 23.0. The van der Waals surface area contributed by atoms with Crippen LogP contribution in [0.25, 0.3) is 0 Å². The van der Waals surface area contributed by atoms with Crippen LogP contribution in [-0.4, -0.2) is 79.1 Å². The summed E-state index contributed by atoms with van der Waals surface area (Å²) < 4.78 is 11.4. The highest BCUT2D eigenvalue weighted by Crippen LogP contribution is 2.33. The number of nitrogens with one attached hydrogen (secondary N) is 1. The van der Waals surface area contributed by atoms with Crippen LogP contribution in [0.2, 0.25) is 0 Å². The first-order valence-electron chi connectivity index (χ1n) is 11.2. The van der Waals surface area contributed by atoms with Gasteiger partial charge in [0.25, 0.3) is 0 Å². The fourth-order valence-corrected chi connectivity index (χ4v) is 3.87. The molecule has 1 saturated heterocycles. The fourth-order valence-electron chi connectivity index (χ4n) is 3.78. The van der Waals surface area contributed by atoms with Gasteiger partial charge in [-0.05, 0) is 35.4 Å². The highest BCUT2D eigenvalue weighted by Gasteiger charge is 2.23. The van der Waals surface area contributed by atoms with Gasteiger partial charge in [0, 0.05) is 38.1 Å². The Morgan fingerprint density at radius 3 is 1.81 bits per heavy atom. The first kappa shape index (κ1) is 24.8. The Labute approximate surface area is 196 Å². The van der Waals surface area contributed by atoms with Crippen molar-refractivity contribution in [3.63, 3.8) is 0 Å². The lowest BCUT2D eigenvalue weighted by Crippen LogP contribution is -2.47. The number of halogens is 1. The Hall–Kier alpha value is -1.83. The van der Waals surface area contributed by atoms with Crippen molar-refractivity contribution < 1.29 is 19.7 Å². The Morgan fingerprint density at radius 1 is 0.875 bits per heavy atom. The van der Waals surface area contributed by atoms with Crippen LogP contribution in [0.1, 0.15) is 25.0 Å². The third-order valence-corrected chi connectivity index (χ3v) is 6.25. The summed E-state index contributed by atoms with van der Waals surface area (Å²) in [6.45, 7) is 9.31. The molecule has 1 aliphatic rings. The summed E-state index contributed by atoms with van der Waals surface area (Å²) in [5, 5.41) is 23.1. The van der Waals surface area contributed by atoms with Gasteiger partial charge in [0.15, 0.2) is 0 Å². The Balaban J connectivity index is 1.53. The molecule has 0 aliphatic carbocycles. The number of hydrogen-bond donors (Lipinski definition) is 3. The van der Waals surface area contributed by atoms with Crippen LogP contribution in [0.3, 0.4) is 0 Å². The van der Waals surface area contributed by atoms with Crippen molar-refractivity contribution in [2.75, 3.05) is 51.8 Å². The molecule has 1 aliphatic heterocycles. The molecule has 3 N–H and O–H groups in total. The van der Waals surface area contributed by atoms with Crippen molar-refractivity contribution in [3.8, 4) is 11.5 Å². The number of aliphatic hydroxyl groups is 2. The van der Waals surface area contributed by atoms with Gasteiger partial charge in [-0.3, -0.25) is 4.90 Å². The third-order valence-electron chi connectivity index (χ3n) is 5.89. The van der Waals surface area contributed by atoms with Crippen molar-refractivity contribution in [3.05, 3.63) is 59.7 Å². The number of piperazine rings is 1. The number of alkyl halides is 1. The molecule has 0 spiro atoms. The molecule has 176 valence electrons. The molecule has 0 unspecified atom stereocenters. The van der Waals surface area contributed by atoms with E-state index in [-0.39, 0.29) is 24.5 Å². The molecule has 7 heteroatoms. The summed E-state index contributed by atoms with van der Waals surface area (Å²) in [5.74, 6) is 1.61. The minimum absolute atomic E-state index is 0.153. The van der Waals surface area contributed by atoms with Gasteiger partial charge in [-0.25, -0.2) is 0 Å². The first-order chi connectivity index (χ1) is 15.4. The largest absolute Gasteiger partial charge is 0.491 e. The maximum absolute atomic E-state index is 10.3. The van der Waals surface area contributed by atoms with E-state index in [1.165, 1.54) is 0 Å². The summed E-state index contributed by atoms with van der Waals surface area (Å²) in [7, 11) is 0. The average Bonchev–Trinajstić information content (AvgIpc) is 2.82. The molecule has 0 bridgehead atoms. The van der Waals surface area contributed by atoms with Gasteiger partial charge in [0.1, 0.15) is 36.9 Å². The van der Waals surface area contributed by atoms with Gasteiger partial charge in [-0.1, -0.05) is 38.1 Å². The Kier molecular flexibility index (Phi) is 9.20. The zero-order valence-electron chi connectivity index (χ0n) is 19.0. The summed E-state index contributed by atoms with van der Waals surface area (Å²) in [6, 6.07) is 16.0. The maximum Gasteiger partial charge on any atom is 0.119 e. The van der Waals surface area contributed by atoms with E-state index in [0.717, 1.165) is 43.1 Å². The van der Waals surface area contributed by atoms with Gasteiger partial charge in [0.05, 0.1) is 5.88 Å². The second-order valence-corrected chi connectivity index (χ2v) is 9.12. The van der Waals surface area contributed by atoms with E-state index in [2.05, 4.69) is 36.2 Å². The maximum atomic E-state index is 10.3. The molecule has 0 radical (unpaired) electrons. The normalized spacial score (nSPS) is 17.0. The van der Waals surface area contributed by atoms with Crippen molar-refractivity contribution in [1.82, 2.24) is 10.2 Å². The van der Waals surface area contributed by atoms with Crippen LogP contribution >= 0.6 is 11.6 Å². The highest BCUT2D eigenvalue weighted by molar-refractivity contribution is 6.18. The van der Waals surface area contributed by atoms with E-state index >= 15 is 0 Å². The lowest BCUT2D eigenvalue weighted by molar-refractivity contribution is 0.0641. The molecule has 2 atom stereocenters. The van der Waals surface area contributed by atoms with Gasteiger partial charge < -0.3 is 25.0 Å². The van der Waals surface area contributed by atoms with E-state index in [4.69, 9.17) is 21.1 Å². The van der Waals surface area contributed by atoms with Gasteiger partial charge >= 0.3 is 0 Å². The summed E-state index contributed by atoms with van der Waals surface area (Å²) in [6.07, 6.45) is -1.17. The molecule has 32 heavy (non-hydrogen) atoms. The lowest BCUT2D eigenvalue weighted by atomic mass is 9.78. The van der Waals surface area contributed by atoms with E-state index < -0.39 is 12.2 Å². The monoisotopic (exact) mass is 462 g/mol. The van der Waals surface area contributed by atoms with Crippen LogP contribution in [-0.2, 0) is 5.41 Å². The summed E-state index contributed by atoms with van der Waals surface area (Å²) >= 11 is 5.60. The van der Waals surface area contributed by atoms with E-state index in [1.807, 2.05) is 36.4 Å². The third kappa shape index (κ3) is 7.09. The minimum Gasteiger partial charge on any atom is -0.491 e. The molecule has 3 rings (SSSR count). The van der Waals surface area contributed by atoms with Crippen molar-refractivity contribution in [2.24, 2.45) is 0 Å². The van der Waals surface area contributed by atoms with Gasteiger partial charge in [-0.2, -0.15) is 0 Å². The summed E-state index contributed by atoms with van der Waals surface area (Å²) in [5.41, 5.74) is 2.12. The summed E-state index contributed by atoms with van der Waals surface area (Å²) in [4.78, 5) is 2.26. The lowest BCUT2D eigenvalue weighted by Gasteiger charge is -2.29. The van der Waals surface area contributed by atoms with E-state index in [1.54, 1.807) is 0 Å². The average molecular weight is 463 g/mol. The molecule has 0 aromatic heterocycles. The second-order valence-electron chi connectivity index (χ2n) is 8.81. The molecular formula is C25H35ClN2O4. The van der Waals surface area contributed by atoms with Crippen LogP contribution in [0, 0.1) is 0 Å². The van der Waals surface area contributed by atoms with Crippen molar-refractivity contribution in [2.45, 2.75) is 31.5 Å². The molecule has 6 nitrogen and oxygen atoms in total.